The molecule has 0 aromatic heterocycles. The number of hydrogen-bond donors (Lipinski definition) is 1. The van der Waals surface area contributed by atoms with Gasteiger partial charge >= 0.3 is 0 Å². The van der Waals surface area contributed by atoms with Crippen LogP contribution in [0.5, 0.6) is 11.5 Å². The Morgan fingerprint density at radius 1 is 1.37 bits per heavy atom. The van der Waals surface area contributed by atoms with Crippen molar-refractivity contribution in [1.29, 1.82) is 0 Å². The molecule has 2 unspecified atom stereocenters. The Labute approximate surface area is 115 Å². The Morgan fingerprint density at radius 2 is 2.21 bits per heavy atom. The van der Waals surface area contributed by atoms with Crippen LogP contribution < -0.4 is 14.8 Å². The van der Waals surface area contributed by atoms with E-state index in [0.29, 0.717) is 6.10 Å². The first-order chi connectivity index (χ1) is 9.28. The van der Waals surface area contributed by atoms with Gasteiger partial charge in [-0.2, -0.15) is 0 Å². The summed E-state index contributed by atoms with van der Waals surface area (Å²) in [7, 11) is 5.33. The summed E-state index contributed by atoms with van der Waals surface area (Å²) in [4.78, 5) is 0. The van der Waals surface area contributed by atoms with E-state index in [1.807, 2.05) is 19.2 Å². The molecule has 106 valence electrons. The molecule has 1 fully saturated rings. The fourth-order valence-electron chi connectivity index (χ4n) is 2.60. The second-order valence-corrected chi connectivity index (χ2v) is 4.82. The summed E-state index contributed by atoms with van der Waals surface area (Å²) in [5, 5.41) is 3.36. The summed E-state index contributed by atoms with van der Waals surface area (Å²) in [6.45, 7) is 0.890. The fraction of sp³-hybridized carbons (Fsp3) is 0.600. The molecule has 19 heavy (non-hydrogen) atoms. The summed E-state index contributed by atoms with van der Waals surface area (Å²) in [5.41, 5.74) is 1.15. The largest absolute Gasteiger partial charge is 0.497 e. The second kappa shape index (κ2) is 6.78. The molecular weight excluding hydrogens is 242 g/mol. The summed E-state index contributed by atoms with van der Waals surface area (Å²) >= 11 is 0. The van der Waals surface area contributed by atoms with E-state index in [-0.39, 0.29) is 6.04 Å². The minimum atomic E-state index is 0.240. The summed E-state index contributed by atoms with van der Waals surface area (Å²) < 4.78 is 16.4. The van der Waals surface area contributed by atoms with E-state index in [2.05, 4.69) is 11.4 Å². The number of methoxy groups -OCH3 is 2. The van der Waals surface area contributed by atoms with Crippen LogP contribution in [0.1, 0.15) is 30.9 Å². The molecule has 0 spiro atoms. The van der Waals surface area contributed by atoms with Gasteiger partial charge in [-0.1, -0.05) is 6.07 Å². The Bertz CT molecular complexity index is 402. The van der Waals surface area contributed by atoms with Crippen molar-refractivity contribution >= 4 is 0 Å². The number of benzene rings is 1. The number of ether oxygens (including phenoxy) is 3. The van der Waals surface area contributed by atoms with Crippen LogP contribution in [0, 0.1) is 0 Å². The van der Waals surface area contributed by atoms with Gasteiger partial charge in [0.15, 0.2) is 0 Å². The molecule has 2 atom stereocenters. The van der Waals surface area contributed by atoms with E-state index in [1.54, 1.807) is 14.2 Å². The monoisotopic (exact) mass is 265 g/mol. The van der Waals surface area contributed by atoms with Crippen molar-refractivity contribution < 1.29 is 14.2 Å². The average Bonchev–Trinajstić information content (AvgIpc) is 2.97. The Morgan fingerprint density at radius 3 is 2.79 bits per heavy atom. The lowest BCUT2D eigenvalue weighted by Gasteiger charge is -2.22. The lowest BCUT2D eigenvalue weighted by molar-refractivity contribution is 0.0951. The minimum Gasteiger partial charge on any atom is -0.497 e. The van der Waals surface area contributed by atoms with Gasteiger partial charge in [-0.05, 0) is 32.4 Å². The molecular formula is C15H23NO3. The number of hydrogen-bond acceptors (Lipinski definition) is 4. The van der Waals surface area contributed by atoms with Crippen LogP contribution in [-0.2, 0) is 4.74 Å². The highest BCUT2D eigenvalue weighted by Crippen LogP contribution is 2.33. The topological polar surface area (TPSA) is 39.7 Å². The quantitative estimate of drug-likeness (QED) is 0.858. The Hall–Kier alpha value is -1.26. The molecule has 1 aliphatic rings. The molecule has 1 saturated heterocycles. The molecule has 0 aliphatic carbocycles. The maximum Gasteiger partial charge on any atom is 0.127 e. The normalized spacial score (nSPS) is 20.3. The predicted molar refractivity (Wildman–Crippen MR) is 74.9 cm³/mol. The number of nitrogens with one attached hydrogen (secondary N) is 1. The second-order valence-electron chi connectivity index (χ2n) is 4.82. The maximum absolute atomic E-state index is 5.72. The van der Waals surface area contributed by atoms with Gasteiger partial charge in [0, 0.05) is 24.3 Å². The molecule has 1 aliphatic heterocycles. The lowest BCUT2D eigenvalue weighted by atomic mass is 9.98. The van der Waals surface area contributed by atoms with Crippen LogP contribution in [0.25, 0.3) is 0 Å². The van der Waals surface area contributed by atoms with Crippen molar-refractivity contribution in [2.75, 3.05) is 27.9 Å². The average molecular weight is 265 g/mol. The fourth-order valence-corrected chi connectivity index (χ4v) is 2.60. The smallest absolute Gasteiger partial charge is 0.127 e. The molecule has 4 heteroatoms. The first kappa shape index (κ1) is 14.2. The van der Waals surface area contributed by atoms with Crippen molar-refractivity contribution in [2.24, 2.45) is 0 Å². The van der Waals surface area contributed by atoms with Crippen molar-refractivity contribution in [2.45, 2.75) is 31.4 Å². The zero-order valence-electron chi connectivity index (χ0n) is 11.9. The predicted octanol–water partition coefficient (Wildman–Crippen LogP) is 2.53. The van der Waals surface area contributed by atoms with E-state index in [1.165, 1.54) is 6.42 Å². The van der Waals surface area contributed by atoms with E-state index in [9.17, 15) is 0 Å². The molecule has 1 heterocycles. The molecule has 4 nitrogen and oxygen atoms in total. The van der Waals surface area contributed by atoms with Crippen LogP contribution in [0.4, 0.5) is 0 Å². The molecule has 0 saturated carbocycles. The van der Waals surface area contributed by atoms with Crippen LogP contribution in [0.2, 0.25) is 0 Å². The van der Waals surface area contributed by atoms with Gasteiger partial charge in [-0.25, -0.2) is 0 Å². The first-order valence-electron chi connectivity index (χ1n) is 6.79. The summed E-state index contributed by atoms with van der Waals surface area (Å²) in [6, 6.07) is 6.20. The highest BCUT2D eigenvalue weighted by molar-refractivity contribution is 5.42. The van der Waals surface area contributed by atoms with Gasteiger partial charge < -0.3 is 19.5 Å². The van der Waals surface area contributed by atoms with Gasteiger partial charge in [0.25, 0.3) is 0 Å². The van der Waals surface area contributed by atoms with Gasteiger partial charge in [0.1, 0.15) is 11.5 Å². The van der Waals surface area contributed by atoms with Crippen LogP contribution >= 0.6 is 0 Å². The van der Waals surface area contributed by atoms with E-state index in [0.717, 1.165) is 36.5 Å². The van der Waals surface area contributed by atoms with Crippen LogP contribution in [-0.4, -0.2) is 34.0 Å². The van der Waals surface area contributed by atoms with E-state index in [4.69, 9.17) is 14.2 Å². The molecule has 2 rings (SSSR count). The zero-order valence-corrected chi connectivity index (χ0v) is 11.9. The molecule has 1 aromatic carbocycles. The van der Waals surface area contributed by atoms with Crippen molar-refractivity contribution in [3.63, 3.8) is 0 Å². The van der Waals surface area contributed by atoms with E-state index < -0.39 is 0 Å². The van der Waals surface area contributed by atoms with Gasteiger partial charge in [-0.15, -0.1) is 0 Å². The summed E-state index contributed by atoms with van der Waals surface area (Å²) in [6.07, 6.45) is 3.64. The maximum atomic E-state index is 5.72. The molecule has 0 amide bonds. The highest BCUT2D eigenvalue weighted by atomic mass is 16.5. The first-order valence-corrected chi connectivity index (χ1v) is 6.79. The van der Waals surface area contributed by atoms with Crippen molar-refractivity contribution in [3.8, 4) is 11.5 Å². The van der Waals surface area contributed by atoms with E-state index >= 15 is 0 Å². The summed E-state index contributed by atoms with van der Waals surface area (Å²) in [5.74, 6) is 1.67. The third-order valence-electron chi connectivity index (χ3n) is 3.69. The highest BCUT2D eigenvalue weighted by Gasteiger charge is 2.23. The zero-order chi connectivity index (χ0) is 13.7. The molecule has 1 N–H and O–H groups in total. The molecule has 0 bridgehead atoms. The Kier molecular flexibility index (Phi) is 5.05. The van der Waals surface area contributed by atoms with Crippen LogP contribution in [0.15, 0.2) is 18.2 Å². The van der Waals surface area contributed by atoms with Gasteiger partial charge in [-0.3, -0.25) is 0 Å². The third kappa shape index (κ3) is 3.39. The van der Waals surface area contributed by atoms with Crippen LogP contribution in [0.3, 0.4) is 0 Å². The number of rotatable bonds is 6. The SMILES string of the molecule is CNC(CC1CCCO1)c1ccc(OC)cc1OC. The molecule has 1 aromatic rings. The van der Waals surface area contributed by atoms with Crippen molar-refractivity contribution in [1.82, 2.24) is 5.32 Å². The minimum absolute atomic E-state index is 0.240. The van der Waals surface area contributed by atoms with Gasteiger partial charge in [0.05, 0.1) is 20.3 Å². The molecule has 0 radical (unpaired) electrons. The van der Waals surface area contributed by atoms with Crippen molar-refractivity contribution in [3.05, 3.63) is 23.8 Å². The lowest BCUT2D eigenvalue weighted by Crippen LogP contribution is -2.22. The third-order valence-corrected chi connectivity index (χ3v) is 3.69. The Balaban J connectivity index is 2.16. The standard InChI is InChI=1S/C15H23NO3/c1-16-14(9-12-5-4-8-19-12)13-7-6-11(17-2)10-15(13)18-3/h6-7,10,12,14,16H,4-5,8-9H2,1-3H3. The van der Waals surface area contributed by atoms with Gasteiger partial charge in [0.2, 0.25) is 0 Å².